The molecule has 0 spiro atoms. The van der Waals surface area contributed by atoms with Gasteiger partial charge in [-0.1, -0.05) is 31.3 Å². The lowest BCUT2D eigenvalue weighted by molar-refractivity contribution is 0.0917. The molecule has 1 unspecified atom stereocenters. The van der Waals surface area contributed by atoms with Crippen molar-refractivity contribution in [1.82, 2.24) is 4.98 Å². The van der Waals surface area contributed by atoms with Crippen molar-refractivity contribution in [3.8, 4) is 0 Å². The van der Waals surface area contributed by atoms with E-state index in [0.717, 1.165) is 40.4 Å². The van der Waals surface area contributed by atoms with Gasteiger partial charge in [-0.25, -0.2) is 4.98 Å². The van der Waals surface area contributed by atoms with Crippen LogP contribution in [0, 0.1) is 13.8 Å². The monoisotopic (exact) mass is 440 g/mol. The summed E-state index contributed by atoms with van der Waals surface area (Å²) in [5, 5.41) is 1.26. The van der Waals surface area contributed by atoms with E-state index in [1.54, 1.807) is 23.1 Å². The zero-order valence-corrected chi connectivity index (χ0v) is 19.6. The van der Waals surface area contributed by atoms with E-state index < -0.39 is 0 Å². The molecule has 1 amide bonds. The van der Waals surface area contributed by atoms with Crippen LogP contribution in [0.15, 0.2) is 41.3 Å². The van der Waals surface area contributed by atoms with E-state index in [9.17, 15) is 4.79 Å². The van der Waals surface area contributed by atoms with Crippen LogP contribution in [-0.4, -0.2) is 35.4 Å². The summed E-state index contributed by atoms with van der Waals surface area (Å²) in [6.07, 6.45) is 2.10. The molecule has 0 N–H and O–H groups in total. The molecule has 1 aliphatic rings. The summed E-state index contributed by atoms with van der Waals surface area (Å²) in [5.74, 6) is -0.0139. The van der Waals surface area contributed by atoms with E-state index in [1.165, 1.54) is 10.5 Å². The van der Waals surface area contributed by atoms with E-state index in [-0.39, 0.29) is 12.0 Å². The van der Waals surface area contributed by atoms with Crippen molar-refractivity contribution in [1.29, 1.82) is 0 Å². The molecule has 0 bridgehead atoms. The van der Waals surface area contributed by atoms with Crippen molar-refractivity contribution >= 4 is 44.4 Å². The predicted molar refractivity (Wildman–Crippen MR) is 127 cm³/mol. The Labute approximate surface area is 186 Å². The highest BCUT2D eigenvalue weighted by Crippen LogP contribution is 2.33. The van der Waals surface area contributed by atoms with Crippen molar-refractivity contribution in [2.75, 3.05) is 18.1 Å². The Kier molecular flexibility index (Phi) is 6.46. The molecule has 1 atom stereocenters. The molecule has 0 radical (unpaired) electrons. The van der Waals surface area contributed by atoms with Crippen molar-refractivity contribution in [2.45, 2.75) is 56.8 Å². The second-order valence-corrected chi connectivity index (χ2v) is 10.8. The average molecular weight is 441 g/mol. The quantitative estimate of drug-likeness (QED) is 0.426. The summed E-state index contributed by atoms with van der Waals surface area (Å²) in [6.45, 7) is 9.83. The van der Waals surface area contributed by atoms with Gasteiger partial charge in [-0.15, -0.1) is 11.8 Å². The molecule has 0 saturated carbocycles. The zero-order valence-electron chi connectivity index (χ0n) is 18.0. The largest absolute Gasteiger partial charge is 0.376 e. The maximum atomic E-state index is 13.5. The first-order valence-electron chi connectivity index (χ1n) is 10.5. The maximum Gasteiger partial charge on any atom is 0.260 e. The van der Waals surface area contributed by atoms with Gasteiger partial charge in [-0.05, 0) is 68.1 Å². The maximum absolute atomic E-state index is 13.5. The third kappa shape index (κ3) is 4.71. The Hall–Kier alpha value is -1.89. The van der Waals surface area contributed by atoms with Crippen molar-refractivity contribution in [3.63, 3.8) is 0 Å². The Balaban J connectivity index is 1.67. The summed E-state index contributed by atoms with van der Waals surface area (Å²) in [4.78, 5) is 21.4. The number of thiazole rings is 1. The molecule has 0 aliphatic carbocycles. The molecular weight excluding hydrogens is 412 g/mol. The van der Waals surface area contributed by atoms with Gasteiger partial charge in [-0.3, -0.25) is 9.69 Å². The number of rotatable bonds is 6. The molecule has 4 rings (SSSR count). The fourth-order valence-electron chi connectivity index (χ4n) is 3.82. The number of ether oxygens (including phenoxy) is 1. The minimum absolute atomic E-state index is 0.0139. The molecule has 4 nitrogen and oxygen atoms in total. The van der Waals surface area contributed by atoms with Gasteiger partial charge in [0.15, 0.2) is 5.13 Å². The molecule has 30 heavy (non-hydrogen) atoms. The summed E-state index contributed by atoms with van der Waals surface area (Å²) in [5.41, 5.74) is 4.03. The van der Waals surface area contributed by atoms with Gasteiger partial charge >= 0.3 is 0 Å². The second-order valence-electron chi connectivity index (χ2n) is 8.17. The highest BCUT2D eigenvalue weighted by atomic mass is 32.2. The highest BCUT2D eigenvalue weighted by Gasteiger charge is 2.27. The highest BCUT2D eigenvalue weighted by molar-refractivity contribution is 7.99. The number of carbonyl (C=O) groups excluding carboxylic acids is 1. The third-order valence-electron chi connectivity index (χ3n) is 5.18. The number of benzene rings is 2. The SMILES string of the molecule is Cc1cc(C)c2nc(N(CC3CCCO3)C(=O)c3ccc(SC(C)C)cc3)sc2c1. The molecule has 1 aromatic heterocycles. The third-order valence-corrected chi connectivity index (χ3v) is 7.22. The van der Waals surface area contributed by atoms with Crippen LogP contribution in [0.3, 0.4) is 0 Å². The number of aromatic nitrogens is 1. The number of nitrogens with zero attached hydrogens (tertiary/aromatic N) is 2. The standard InChI is InChI=1S/C24H28N2O2S2/c1-15(2)29-20-9-7-18(8-10-20)23(27)26(14-19-6-5-11-28-19)24-25-22-17(4)12-16(3)13-21(22)30-24/h7-10,12-13,15,19H,5-6,11,14H2,1-4H3. The average Bonchev–Trinajstić information content (AvgIpc) is 3.35. The summed E-state index contributed by atoms with van der Waals surface area (Å²) < 4.78 is 6.97. The van der Waals surface area contributed by atoms with Crippen LogP contribution in [0.25, 0.3) is 10.2 Å². The fourth-order valence-corrected chi connectivity index (χ4v) is 5.81. The molecule has 2 aromatic carbocycles. The zero-order chi connectivity index (χ0) is 21.3. The number of thioether (sulfide) groups is 1. The van der Waals surface area contributed by atoms with Crippen LogP contribution in [-0.2, 0) is 4.74 Å². The van der Waals surface area contributed by atoms with Crippen LogP contribution in [0.5, 0.6) is 0 Å². The second kappa shape index (κ2) is 9.08. The Morgan fingerprint density at radius 3 is 2.70 bits per heavy atom. The first-order valence-corrected chi connectivity index (χ1v) is 12.2. The van der Waals surface area contributed by atoms with Gasteiger partial charge in [0.2, 0.25) is 0 Å². The minimum Gasteiger partial charge on any atom is -0.376 e. The van der Waals surface area contributed by atoms with Gasteiger partial charge in [-0.2, -0.15) is 0 Å². The number of hydrogen-bond donors (Lipinski definition) is 0. The van der Waals surface area contributed by atoms with E-state index >= 15 is 0 Å². The molecule has 6 heteroatoms. The first-order chi connectivity index (χ1) is 14.4. The molecule has 1 aliphatic heterocycles. The lowest BCUT2D eigenvalue weighted by Crippen LogP contribution is -2.37. The van der Waals surface area contributed by atoms with Gasteiger partial charge in [0.05, 0.1) is 22.9 Å². The van der Waals surface area contributed by atoms with Crippen LogP contribution in [0.4, 0.5) is 5.13 Å². The predicted octanol–water partition coefficient (Wildman–Crippen LogP) is 6.24. The number of amides is 1. The van der Waals surface area contributed by atoms with E-state index in [1.807, 2.05) is 29.2 Å². The molecule has 2 heterocycles. The first kappa shape index (κ1) is 21.3. The van der Waals surface area contributed by atoms with Crippen molar-refractivity contribution < 1.29 is 9.53 Å². The lowest BCUT2D eigenvalue weighted by Gasteiger charge is -2.23. The van der Waals surface area contributed by atoms with E-state index in [0.29, 0.717) is 17.4 Å². The lowest BCUT2D eigenvalue weighted by atomic mass is 10.1. The molecule has 1 saturated heterocycles. The topological polar surface area (TPSA) is 42.4 Å². The van der Waals surface area contributed by atoms with Crippen molar-refractivity contribution in [2.24, 2.45) is 0 Å². The van der Waals surface area contributed by atoms with E-state index in [4.69, 9.17) is 9.72 Å². The Morgan fingerprint density at radius 1 is 1.27 bits per heavy atom. The smallest absolute Gasteiger partial charge is 0.260 e. The number of hydrogen-bond acceptors (Lipinski definition) is 5. The van der Waals surface area contributed by atoms with Crippen molar-refractivity contribution in [3.05, 3.63) is 53.1 Å². The van der Waals surface area contributed by atoms with Crippen LogP contribution >= 0.6 is 23.1 Å². The van der Waals surface area contributed by atoms with Crippen LogP contribution < -0.4 is 4.90 Å². The van der Waals surface area contributed by atoms with E-state index in [2.05, 4.69) is 39.8 Å². The van der Waals surface area contributed by atoms with Crippen LogP contribution in [0.2, 0.25) is 0 Å². The van der Waals surface area contributed by atoms with Gasteiger partial charge in [0.1, 0.15) is 0 Å². The van der Waals surface area contributed by atoms with Gasteiger partial charge in [0.25, 0.3) is 5.91 Å². The van der Waals surface area contributed by atoms with Gasteiger partial charge in [0, 0.05) is 22.3 Å². The number of carbonyl (C=O) groups is 1. The number of fused-ring (bicyclic) bond motifs is 1. The summed E-state index contributed by atoms with van der Waals surface area (Å²) >= 11 is 3.39. The fraction of sp³-hybridized carbons (Fsp3) is 0.417. The Morgan fingerprint density at radius 2 is 2.03 bits per heavy atom. The molecular formula is C24H28N2O2S2. The summed E-state index contributed by atoms with van der Waals surface area (Å²) in [6, 6.07) is 12.2. The molecule has 158 valence electrons. The number of anilines is 1. The van der Waals surface area contributed by atoms with Crippen LogP contribution in [0.1, 0.15) is 48.2 Å². The summed E-state index contributed by atoms with van der Waals surface area (Å²) in [7, 11) is 0. The minimum atomic E-state index is -0.0139. The molecule has 3 aromatic rings. The molecule has 1 fully saturated rings. The van der Waals surface area contributed by atoms with Gasteiger partial charge < -0.3 is 4.74 Å². The normalized spacial score (nSPS) is 16.5. The number of aryl methyl sites for hydroxylation is 2. The Bertz CT molecular complexity index is 1040.